The second-order valence-corrected chi connectivity index (χ2v) is 5.92. The first-order valence-corrected chi connectivity index (χ1v) is 6.99. The van der Waals surface area contributed by atoms with E-state index >= 15 is 0 Å². The summed E-state index contributed by atoms with van der Waals surface area (Å²) in [4.78, 5) is 11.4. The number of allylic oxidation sites excluding steroid dienone is 1. The van der Waals surface area contributed by atoms with Gasteiger partial charge in [0, 0.05) is 6.04 Å². The fourth-order valence-corrected chi connectivity index (χ4v) is 1.96. The number of nitrogens with one attached hydrogen (secondary N) is 1. The Bertz CT molecular complexity index is 322. The molecule has 18 heavy (non-hydrogen) atoms. The summed E-state index contributed by atoms with van der Waals surface area (Å²) in [6, 6.07) is 0.450. The molecule has 1 heterocycles. The van der Waals surface area contributed by atoms with Gasteiger partial charge in [-0.15, -0.1) is 0 Å². The maximum atomic E-state index is 11.4. The summed E-state index contributed by atoms with van der Waals surface area (Å²) in [7, 11) is 0. The molecular weight excluding hydrogens is 226 g/mol. The first-order chi connectivity index (χ1) is 8.39. The molecule has 1 aliphatic rings. The van der Waals surface area contributed by atoms with Crippen LogP contribution < -0.4 is 5.32 Å². The van der Waals surface area contributed by atoms with Crippen LogP contribution >= 0.6 is 0 Å². The second kappa shape index (κ2) is 6.37. The minimum atomic E-state index is -0.109. The average molecular weight is 253 g/mol. The normalized spacial score (nSPS) is 27.4. The maximum Gasteiger partial charge on any atom is 0.308 e. The van der Waals surface area contributed by atoms with Gasteiger partial charge in [-0.05, 0) is 26.7 Å². The third-order valence-corrected chi connectivity index (χ3v) is 3.48. The van der Waals surface area contributed by atoms with Crippen LogP contribution in [0.25, 0.3) is 0 Å². The van der Waals surface area contributed by atoms with E-state index in [1.54, 1.807) is 0 Å². The summed E-state index contributed by atoms with van der Waals surface area (Å²) < 4.78 is 5.30. The SMILES string of the molecule is CCC/C=C(\C)CC1NC1(C)COC(=O)C(C)C. The second-order valence-electron chi connectivity index (χ2n) is 5.92. The topological polar surface area (TPSA) is 48.2 Å². The van der Waals surface area contributed by atoms with Gasteiger partial charge in [-0.2, -0.15) is 0 Å². The molecule has 2 atom stereocenters. The minimum absolute atomic E-state index is 0.0220. The first kappa shape index (κ1) is 15.2. The van der Waals surface area contributed by atoms with Crippen molar-refractivity contribution in [1.82, 2.24) is 5.32 Å². The molecule has 2 unspecified atom stereocenters. The van der Waals surface area contributed by atoms with Crippen LogP contribution in [0.5, 0.6) is 0 Å². The van der Waals surface area contributed by atoms with Crippen LogP contribution in [-0.4, -0.2) is 24.2 Å². The molecule has 0 aromatic rings. The Kier molecular flexibility index (Phi) is 5.39. The molecular formula is C15H27NO2. The lowest BCUT2D eigenvalue weighted by atomic mass is 10.0. The molecule has 1 aliphatic heterocycles. The number of hydrogen-bond donors (Lipinski definition) is 1. The Hall–Kier alpha value is -0.830. The van der Waals surface area contributed by atoms with Gasteiger partial charge in [-0.1, -0.05) is 38.8 Å². The van der Waals surface area contributed by atoms with Gasteiger partial charge in [0.25, 0.3) is 0 Å². The van der Waals surface area contributed by atoms with Gasteiger partial charge in [0.2, 0.25) is 0 Å². The molecule has 104 valence electrons. The first-order valence-electron chi connectivity index (χ1n) is 6.99. The highest BCUT2D eigenvalue weighted by Gasteiger charge is 2.50. The smallest absolute Gasteiger partial charge is 0.308 e. The lowest BCUT2D eigenvalue weighted by molar-refractivity contribution is -0.148. The Morgan fingerprint density at radius 3 is 2.72 bits per heavy atom. The number of hydrogen-bond acceptors (Lipinski definition) is 3. The van der Waals surface area contributed by atoms with Crippen LogP contribution in [0.3, 0.4) is 0 Å². The molecule has 0 aromatic heterocycles. The summed E-state index contributed by atoms with van der Waals surface area (Å²) >= 11 is 0. The van der Waals surface area contributed by atoms with Crippen molar-refractivity contribution in [3.63, 3.8) is 0 Å². The number of ether oxygens (including phenoxy) is 1. The Labute approximate surface area is 111 Å². The molecule has 1 N–H and O–H groups in total. The van der Waals surface area contributed by atoms with E-state index in [9.17, 15) is 4.79 Å². The van der Waals surface area contributed by atoms with E-state index in [1.165, 1.54) is 12.0 Å². The van der Waals surface area contributed by atoms with Crippen molar-refractivity contribution in [2.45, 2.75) is 65.5 Å². The molecule has 1 rings (SSSR count). The van der Waals surface area contributed by atoms with Crippen molar-refractivity contribution in [3.8, 4) is 0 Å². The van der Waals surface area contributed by atoms with E-state index in [-0.39, 0.29) is 17.4 Å². The van der Waals surface area contributed by atoms with Crippen molar-refractivity contribution in [3.05, 3.63) is 11.6 Å². The van der Waals surface area contributed by atoms with Gasteiger partial charge >= 0.3 is 5.97 Å². The van der Waals surface area contributed by atoms with Gasteiger partial charge < -0.3 is 10.1 Å². The summed E-state index contributed by atoms with van der Waals surface area (Å²) in [6.45, 7) is 10.7. The minimum Gasteiger partial charge on any atom is -0.463 e. The summed E-state index contributed by atoms with van der Waals surface area (Å²) in [6.07, 6.45) is 5.70. The lowest BCUT2D eigenvalue weighted by Crippen LogP contribution is -2.25. The highest BCUT2D eigenvalue weighted by atomic mass is 16.5. The van der Waals surface area contributed by atoms with Crippen LogP contribution in [0.4, 0.5) is 0 Å². The number of carbonyl (C=O) groups excluding carboxylic acids is 1. The van der Waals surface area contributed by atoms with E-state index in [1.807, 2.05) is 13.8 Å². The Morgan fingerprint density at radius 1 is 1.50 bits per heavy atom. The standard InChI is InChI=1S/C15H27NO2/c1-6-7-8-12(4)9-13-15(5,16-13)10-18-14(17)11(2)3/h8,11,13,16H,6-7,9-10H2,1-5H3/b12-8+. The molecule has 3 nitrogen and oxygen atoms in total. The van der Waals surface area contributed by atoms with Gasteiger partial charge in [0.15, 0.2) is 0 Å². The fourth-order valence-electron chi connectivity index (χ4n) is 1.96. The highest BCUT2D eigenvalue weighted by Crippen LogP contribution is 2.31. The predicted octanol–water partition coefficient (Wildman–Crippen LogP) is 3.05. The van der Waals surface area contributed by atoms with E-state index in [0.717, 1.165) is 12.8 Å². The van der Waals surface area contributed by atoms with Crippen LogP contribution in [0.2, 0.25) is 0 Å². The maximum absolute atomic E-state index is 11.4. The third kappa shape index (κ3) is 4.45. The van der Waals surface area contributed by atoms with Crippen molar-refractivity contribution >= 4 is 5.97 Å². The zero-order valence-electron chi connectivity index (χ0n) is 12.4. The van der Waals surface area contributed by atoms with Gasteiger partial charge in [0.05, 0.1) is 11.5 Å². The van der Waals surface area contributed by atoms with Crippen molar-refractivity contribution in [2.24, 2.45) is 5.92 Å². The molecule has 0 aromatic carbocycles. The van der Waals surface area contributed by atoms with Crippen molar-refractivity contribution < 1.29 is 9.53 Å². The lowest BCUT2D eigenvalue weighted by Gasteiger charge is -2.12. The summed E-state index contributed by atoms with van der Waals surface area (Å²) in [5.41, 5.74) is 1.40. The highest BCUT2D eigenvalue weighted by molar-refractivity contribution is 5.71. The van der Waals surface area contributed by atoms with Gasteiger partial charge in [0.1, 0.15) is 6.61 Å². The van der Waals surface area contributed by atoms with Crippen LogP contribution in [0.15, 0.2) is 11.6 Å². The molecule has 3 heteroatoms. The van der Waals surface area contributed by atoms with E-state index in [4.69, 9.17) is 4.74 Å². The molecule has 1 fully saturated rings. The average Bonchev–Trinajstić information content (AvgIpc) is 2.94. The number of unbranched alkanes of at least 4 members (excludes halogenated alkanes) is 1. The van der Waals surface area contributed by atoms with Crippen LogP contribution in [0.1, 0.15) is 53.9 Å². The molecule has 0 spiro atoms. The largest absolute Gasteiger partial charge is 0.463 e. The van der Waals surface area contributed by atoms with E-state index in [2.05, 4.69) is 32.2 Å². The Balaban J connectivity index is 2.31. The van der Waals surface area contributed by atoms with Crippen molar-refractivity contribution in [2.75, 3.05) is 6.61 Å². The van der Waals surface area contributed by atoms with E-state index in [0.29, 0.717) is 12.6 Å². The molecule has 0 radical (unpaired) electrons. The van der Waals surface area contributed by atoms with Gasteiger partial charge in [-0.25, -0.2) is 0 Å². The predicted molar refractivity (Wildman–Crippen MR) is 74.4 cm³/mol. The van der Waals surface area contributed by atoms with Crippen LogP contribution in [-0.2, 0) is 9.53 Å². The van der Waals surface area contributed by atoms with Crippen LogP contribution in [0, 0.1) is 5.92 Å². The summed E-state index contributed by atoms with van der Waals surface area (Å²) in [5.74, 6) is -0.154. The molecule has 0 saturated carbocycles. The number of carbonyl (C=O) groups is 1. The Morgan fingerprint density at radius 2 is 2.17 bits per heavy atom. The molecule has 1 saturated heterocycles. The fraction of sp³-hybridized carbons (Fsp3) is 0.800. The van der Waals surface area contributed by atoms with E-state index < -0.39 is 0 Å². The molecule has 0 bridgehead atoms. The quantitative estimate of drug-likeness (QED) is 0.431. The van der Waals surface area contributed by atoms with Crippen molar-refractivity contribution in [1.29, 1.82) is 0 Å². The van der Waals surface area contributed by atoms with Gasteiger partial charge in [-0.3, -0.25) is 4.79 Å². The monoisotopic (exact) mass is 253 g/mol. The summed E-state index contributed by atoms with van der Waals surface area (Å²) in [5, 5.41) is 3.43. The zero-order chi connectivity index (χ0) is 13.8. The number of rotatable bonds is 7. The third-order valence-electron chi connectivity index (χ3n) is 3.48. The zero-order valence-corrected chi connectivity index (χ0v) is 12.4. The number of esters is 1. The molecule has 0 amide bonds. The molecule has 0 aliphatic carbocycles.